The molecule has 25 heavy (non-hydrogen) atoms. The third kappa shape index (κ3) is 4.20. The number of aryl methyl sites for hydroxylation is 1. The Balaban J connectivity index is 2.28. The molecule has 1 aliphatic heterocycles. The van der Waals surface area contributed by atoms with Crippen LogP contribution in [-0.2, 0) is 21.2 Å². The lowest BCUT2D eigenvalue weighted by molar-refractivity contribution is 0.0696. The predicted molar refractivity (Wildman–Crippen MR) is 94.4 cm³/mol. The molecule has 8 heteroatoms. The zero-order chi connectivity index (χ0) is 18.8. The molecule has 1 aromatic rings. The third-order valence-corrected chi connectivity index (χ3v) is 6.74. The number of methoxy groups -OCH3 is 1. The standard InChI is InChI=1S/C17H26N2O5S/c1-5-12-6-7-13(17(20)21)8-16(12)25(22,23)19(3)10-14-9-15(24-4)11-18(14)2/h6-8,14-15H,5,9-11H2,1-4H3,(H,20,21)/t14-,15-/m0/s1. The molecule has 1 N–H and O–H groups in total. The van der Waals surface area contributed by atoms with E-state index in [0.717, 1.165) is 13.0 Å². The van der Waals surface area contributed by atoms with Crippen LogP contribution in [-0.4, -0.2) is 75.1 Å². The first-order valence-corrected chi connectivity index (χ1v) is 9.70. The fraction of sp³-hybridized carbons (Fsp3) is 0.588. The zero-order valence-corrected chi connectivity index (χ0v) is 15.9. The number of likely N-dealkylation sites (N-methyl/N-ethyl adjacent to an activating group) is 2. The summed E-state index contributed by atoms with van der Waals surface area (Å²) in [6, 6.07) is 4.34. The number of benzene rings is 1. The first-order chi connectivity index (χ1) is 11.7. The summed E-state index contributed by atoms with van der Waals surface area (Å²) in [6.45, 7) is 2.95. The minimum atomic E-state index is -3.77. The van der Waals surface area contributed by atoms with Crippen molar-refractivity contribution in [1.82, 2.24) is 9.21 Å². The second-order valence-electron chi connectivity index (χ2n) is 6.45. The van der Waals surface area contributed by atoms with Crippen LogP contribution in [0.5, 0.6) is 0 Å². The van der Waals surface area contributed by atoms with Crippen molar-refractivity contribution >= 4 is 16.0 Å². The SMILES string of the molecule is CCc1ccc(C(=O)O)cc1S(=O)(=O)N(C)C[C@@H]1C[C@H](OC)CN1C. The van der Waals surface area contributed by atoms with Crippen molar-refractivity contribution in [2.75, 3.05) is 34.3 Å². The summed E-state index contributed by atoms with van der Waals surface area (Å²) in [5, 5.41) is 9.17. The van der Waals surface area contributed by atoms with Crippen molar-refractivity contribution < 1.29 is 23.1 Å². The lowest BCUT2D eigenvalue weighted by atomic mass is 10.1. The second kappa shape index (κ2) is 7.82. The molecule has 2 rings (SSSR count). The summed E-state index contributed by atoms with van der Waals surface area (Å²) in [4.78, 5) is 13.4. The van der Waals surface area contributed by atoms with Crippen molar-refractivity contribution in [2.24, 2.45) is 0 Å². The van der Waals surface area contributed by atoms with Gasteiger partial charge in [0.2, 0.25) is 10.0 Å². The van der Waals surface area contributed by atoms with Gasteiger partial charge in [0.25, 0.3) is 0 Å². The molecule has 140 valence electrons. The maximum Gasteiger partial charge on any atom is 0.335 e. The van der Waals surface area contributed by atoms with Gasteiger partial charge in [0.1, 0.15) is 0 Å². The Hall–Kier alpha value is -1.48. The van der Waals surface area contributed by atoms with E-state index in [0.29, 0.717) is 18.5 Å². The first-order valence-electron chi connectivity index (χ1n) is 8.26. The van der Waals surface area contributed by atoms with Crippen LogP contribution in [0, 0.1) is 0 Å². The van der Waals surface area contributed by atoms with Gasteiger partial charge >= 0.3 is 5.97 Å². The molecule has 0 aliphatic carbocycles. The zero-order valence-electron chi connectivity index (χ0n) is 15.1. The van der Waals surface area contributed by atoms with Crippen molar-refractivity contribution in [3.05, 3.63) is 29.3 Å². The number of hydrogen-bond acceptors (Lipinski definition) is 5. The maximum absolute atomic E-state index is 13.0. The van der Waals surface area contributed by atoms with Crippen molar-refractivity contribution in [1.29, 1.82) is 0 Å². The maximum atomic E-state index is 13.0. The Bertz CT molecular complexity index is 735. The van der Waals surface area contributed by atoms with Crippen LogP contribution < -0.4 is 0 Å². The Labute approximate surface area is 149 Å². The summed E-state index contributed by atoms with van der Waals surface area (Å²) in [5.41, 5.74) is 0.591. The molecule has 0 unspecified atom stereocenters. The topological polar surface area (TPSA) is 87.1 Å². The molecule has 1 saturated heterocycles. The monoisotopic (exact) mass is 370 g/mol. The normalized spacial score (nSPS) is 21.8. The van der Waals surface area contributed by atoms with Crippen LogP contribution in [0.1, 0.15) is 29.3 Å². The first kappa shape index (κ1) is 19.8. The van der Waals surface area contributed by atoms with Gasteiger partial charge in [-0.25, -0.2) is 13.2 Å². The lowest BCUT2D eigenvalue weighted by Crippen LogP contribution is -2.39. The molecular weight excluding hydrogens is 344 g/mol. The molecule has 1 aliphatic rings. The van der Waals surface area contributed by atoms with E-state index < -0.39 is 16.0 Å². The molecule has 1 aromatic carbocycles. The molecule has 0 aromatic heterocycles. The van der Waals surface area contributed by atoms with E-state index in [4.69, 9.17) is 9.84 Å². The van der Waals surface area contributed by atoms with Crippen LogP contribution in [0.4, 0.5) is 0 Å². The lowest BCUT2D eigenvalue weighted by Gasteiger charge is -2.26. The van der Waals surface area contributed by atoms with Gasteiger partial charge < -0.3 is 9.84 Å². The van der Waals surface area contributed by atoms with E-state index in [-0.39, 0.29) is 22.6 Å². The van der Waals surface area contributed by atoms with E-state index in [1.165, 1.54) is 23.5 Å². The number of carbonyl (C=O) groups is 1. The van der Waals surface area contributed by atoms with E-state index in [1.807, 2.05) is 14.0 Å². The van der Waals surface area contributed by atoms with E-state index >= 15 is 0 Å². The fourth-order valence-electron chi connectivity index (χ4n) is 3.20. The summed E-state index contributed by atoms with van der Waals surface area (Å²) < 4.78 is 32.7. The highest BCUT2D eigenvalue weighted by molar-refractivity contribution is 7.89. The number of hydrogen-bond donors (Lipinski definition) is 1. The number of carboxylic acid groups (broad SMARTS) is 1. The third-order valence-electron chi connectivity index (χ3n) is 4.83. The average molecular weight is 370 g/mol. The van der Waals surface area contributed by atoms with Crippen molar-refractivity contribution in [2.45, 2.75) is 36.8 Å². The number of aromatic carboxylic acids is 1. The molecule has 0 bridgehead atoms. The Kier molecular flexibility index (Phi) is 6.21. The summed E-state index contributed by atoms with van der Waals surface area (Å²) in [7, 11) is 1.38. The van der Waals surface area contributed by atoms with Gasteiger partial charge in [-0.3, -0.25) is 4.90 Å². The molecule has 7 nitrogen and oxygen atoms in total. The minimum absolute atomic E-state index is 0.0263. The average Bonchev–Trinajstić information content (AvgIpc) is 2.94. The van der Waals surface area contributed by atoms with E-state index in [9.17, 15) is 13.2 Å². The number of sulfonamides is 1. The van der Waals surface area contributed by atoms with Crippen LogP contribution in [0.15, 0.2) is 23.1 Å². The highest BCUT2D eigenvalue weighted by Crippen LogP contribution is 2.25. The highest BCUT2D eigenvalue weighted by atomic mass is 32.2. The number of rotatable bonds is 7. The Morgan fingerprint density at radius 1 is 1.44 bits per heavy atom. The molecule has 1 fully saturated rings. The fourth-order valence-corrected chi connectivity index (χ4v) is 4.72. The highest BCUT2D eigenvalue weighted by Gasteiger charge is 2.33. The summed E-state index contributed by atoms with van der Waals surface area (Å²) in [6.07, 6.45) is 1.38. The molecular formula is C17H26N2O5S. The largest absolute Gasteiger partial charge is 0.478 e. The van der Waals surface area contributed by atoms with Crippen LogP contribution in [0.2, 0.25) is 0 Å². The summed E-state index contributed by atoms with van der Waals surface area (Å²) in [5.74, 6) is -1.14. The van der Waals surface area contributed by atoms with Gasteiger partial charge in [-0.15, -0.1) is 0 Å². The number of ether oxygens (including phenoxy) is 1. The van der Waals surface area contributed by atoms with Crippen LogP contribution in [0.25, 0.3) is 0 Å². The van der Waals surface area contributed by atoms with Gasteiger partial charge in [-0.1, -0.05) is 13.0 Å². The van der Waals surface area contributed by atoms with Gasteiger partial charge in [-0.2, -0.15) is 4.31 Å². The molecule has 0 spiro atoms. The Morgan fingerprint density at radius 2 is 2.12 bits per heavy atom. The number of likely N-dealkylation sites (tertiary alicyclic amines) is 1. The van der Waals surface area contributed by atoms with E-state index in [1.54, 1.807) is 13.2 Å². The number of nitrogens with zero attached hydrogens (tertiary/aromatic N) is 2. The smallest absolute Gasteiger partial charge is 0.335 e. The quantitative estimate of drug-likeness (QED) is 0.778. The predicted octanol–water partition coefficient (Wildman–Crippen LogP) is 1.29. The molecule has 0 radical (unpaired) electrons. The van der Waals surface area contributed by atoms with Gasteiger partial charge in [0.05, 0.1) is 16.6 Å². The van der Waals surface area contributed by atoms with Crippen molar-refractivity contribution in [3.63, 3.8) is 0 Å². The van der Waals surface area contributed by atoms with Crippen LogP contribution >= 0.6 is 0 Å². The molecule has 0 amide bonds. The van der Waals surface area contributed by atoms with Crippen molar-refractivity contribution in [3.8, 4) is 0 Å². The minimum Gasteiger partial charge on any atom is -0.478 e. The van der Waals surface area contributed by atoms with Gasteiger partial charge in [0, 0.05) is 33.3 Å². The molecule has 2 atom stereocenters. The number of carboxylic acids is 1. The second-order valence-corrected chi connectivity index (χ2v) is 8.47. The van der Waals surface area contributed by atoms with Gasteiger partial charge in [0.15, 0.2) is 0 Å². The Morgan fingerprint density at radius 3 is 2.64 bits per heavy atom. The van der Waals surface area contributed by atoms with Gasteiger partial charge in [-0.05, 0) is 37.6 Å². The van der Waals surface area contributed by atoms with E-state index in [2.05, 4.69) is 4.90 Å². The summed E-state index contributed by atoms with van der Waals surface area (Å²) >= 11 is 0. The molecule has 0 saturated carbocycles. The van der Waals surface area contributed by atoms with Crippen LogP contribution in [0.3, 0.4) is 0 Å². The molecule has 1 heterocycles.